The number of fused-ring (bicyclic) bond motifs is 1. The zero-order valence-electron chi connectivity index (χ0n) is 17.6. The number of nitrogens with zero attached hydrogens (tertiary/aromatic N) is 1. The molecule has 1 atom stereocenters. The van der Waals surface area contributed by atoms with Gasteiger partial charge in [-0.25, -0.2) is 4.39 Å². The molecule has 5 nitrogen and oxygen atoms in total. The number of amides is 2. The van der Waals surface area contributed by atoms with Gasteiger partial charge in [0.2, 0.25) is 0 Å². The molecule has 0 bridgehead atoms. The van der Waals surface area contributed by atoms with Crippen molar-refractivity contribution in [1.29, 1.82) is 0 Å². The number of nitrogens with one attached hydrogen (secondary N) is 1. The van der Waals surface area contributed by atoms with E-state index in [1.54, 1.807) is 24.3 Å². The molecule has 0 aliphatic carbocycles. The molecule has 4 rings (SSSR count). The van der Waals surface area contributed by atoms with E-state index in [4.69, 9.17) is 4.74 Å². The summed E-state index contributed by atoms with van der Waals surface area (Å²) in [5, 5.41) is 3.01. The zero-order chi connectivity index (χ0) is 22.1. The van der Waals surface area contributed by atoms with Gasteiger partial charge in [-0.1, -0.05) is 42.5 Å². The second-order valence-corrected chi connectivity index (χ2v) is 7.64. The van der Waals surface area contributed by atoms with Crippen molar-refractivity contribution < 1.29 is 18.7 Å². The van der Waals surface area contributed by atoms with Crippen LogP contribution < -0.4 is 10.1 Å². The first-order valence-corrected chi connectivity index (χ1v) is 10.00. The fourth-order valence-electron chi connectivity index (χ4n) is 4.05. The predicted molar refractivity (Wildman–Crippen MR) is 117 cm³/mol. The monoisotopic (exact) mass is 418 g/mol. The molecule has 1 unspecified atom stereocenters. The number of anilines is 1. The molecule has 1 N–H and O–H groups in total. The summed E-state index contributed by atoms with van der Waals surface area (Å²) in [5.41, 5.74) is 4.39. The van der Waals surface area contributed by atoms with Gasteiger partial charge in [0.15, 0.2) is 0 Å². The average Bonchev–Trinajstić information content (AvgIpc) is 3.04. The van der Waals surface area contributed by atoms with E-state index < -0.39 is 11.9 Å². The maximum absolute atomic E-state index is 13.6. The number of rotatable bonds is 5. The number of ether oxygens (including phenoxy) is 1. The first-order valence-electron chi connectivity index (χ1n) is 10.00. The molecule has 0 spiro atoms. The summed E-state index contributed by atoms with van der Waals surface area (Å²) in [5.74, 6) is -0.640. The van der Waals surface area contributed by atoms with Crippen LogP contribution in [-0.2, 0) is 11.3 Å². The minimum atomic E-state index is -0.808. The Kier molecular flexibility index (Phi) is 5.46. The first kappa shape index (κ1) is 20.6. The minimum Gasteiger partial charge on any atom is -0.496 e. The van der Waals surface area contributed by atoms with Gasteiger partial charge in [0, 0.05) is 22.9 Å². The van der Waals surface area contributed by atoms with Crippen molar-refractivity contribution in [2.24, 2.45) is 0 Å². The highest BCUT2D eigenvalue weighted by Crippen LogP contribution is 2.37. The Morgan fingerprint density at radius 2 is 1.77 bits per heavy atom. The molecule has 1 aliphatic rings. The third kappa shape index (κ3) is 3.77. The summed E-state index contributed by atoms with van der Waals surface area (Å²) in [4.78, 5) is 28.1. The van der Waals surface area contributed by atoms with Gasteiger partial charge >= 0.3 is 0 Å². The number of carbonyl (C=O) groups excluding carboxylic acids is 2. The maximum Gasteiger partial charge on any atom is 0.255 e. The summed E-state index contributed by atoms with van der Waals surface area (Å²) in [6.45, 7) is 3.97. The highest BCUT2D eigenvalue weighted by Gasteiger charge is 2.41. The van der Waals surface area contributed by atoms with Crippen molar-refractivity contribution in [3.63, 3.8) is 0 Å². The minimum absolute atomic E-state index is 0.113. The van der Waals surface area contributed by atoms with Crippen molar-refractivity contribution in [3.8, 4) is 5.75 Å². The molecule has 0 radical (unpaired) electrons. The number of benzene rings is 3. The van der Waals surface area contributed by atoms with Gasteiger partial charge in [0.05, 0.1) is 13.7 Å². The van der Waals surface area contributed by atoms with Crippen molar-refractivity contribution in [3.05, 3.63) is 94.3 Å². The van der Waals surface area contributed by atoms with E-state index in [2.05, 4.69) is 5.32 Å². The Bertz CT molecular complexity index is 1150. The van der Waals surface area contributed by atoms with Crippen LogP contribution in [0, 0.1) is 19.7 Å². The molecule has 0 fully saturated rings. The van der Waals surface area contributed by atoms with Crippen LogP contribution in [-0.4, -0.2) is 23.8 Å². The molecule has 1 heterocycles. The van der Waals surface area contributed by atoms with Crippen molar-refractivity contribution in [1.82, 2.24) is 4.90 Å². The van der Waals surface area contributed by atoms with Crippen LogP contribution >= 0.6 is 0 Å². The van der Waals surface area contributed by atoms with Crippen LogP contribution in [0.4, 0.5) is 10.1 Å². The normalized spacial score (nSPS) is 15.0. The number of hydrogen-bond donors (Lipinski definition) is 1. The summed E-state index contributed by atoms with van der Waals surface area (Å²) in [6, 6.07) is 16.3. The largest absolute Gasteiger partial charge is 0.496 e. The SMILES string of the molecule is COc1cc(F)ccc1CN1C(=O)c2ccccc2C1C(=O)Nc1c(C)cccc1C. The highest BCUT2D eigenvalue weighted by molar-refractivity contribution is 6.08. The molecule has 31 heavy (non-hydrogen) atoms. The lowest BCUT2D eigenvalue weighted by atomic mass is 10.0. The van der Waals surface area contributed by atoms with E-state index in [1.807, 2.05) is 38.1 Å². The zero-order valence-corrected chi connectivity index (χ0v) is 17.6. The fraction of sp³-hybridized carbons (Fsp3) is 0.200. The van der Waals surface area contributed by atoms with E-state index in [-0.39, 0.29) is 18.4 Å². The topological polar surface area (TPSA) is 58.6 Å². The van der Waals surface area contributed by atoms with Crippen LogP contribution in [0.3, 0.4) is 0 Å². The third-order valence-corrected chi connectivity index (χ3v) is 5.63. The average molecular weight is 418 g/mol. The molecule has 0 saturated carbocycles. The smallest absolute Gasteiger partial charge is 0.255 e. The maximum atomic E-state index is 13.6. The number of methoxy groups -OCH3 is 1. The summed E-state index contributed by atoms with van der Waals surface area (Å²) in [7, 11) is 1.45. The van der Waals surface area contributed by atoms with E-state index >= 15 is 0 Å². The Balaban J connectivity index is 1.72. The lowest BCUT2D eigenvalue weighted by Crippen LogP contribution is -2.35. The van der Waals surface area contributed by atoms with Gasteiger partial charge < -0.3 is 15.0 Å². The van der Waals surface area contributed by atoms with E-state index in [0.29, 0.717) is 22.4 Å². The standard InChI is InChI=1S/C25H23FN2O3/c1-15-7-6-8-16(2)22(15)27-24(29)23-19-9-4-5-10-20(19)25(30)28(23)14-17-11-12-18(26)13-21(17)31-3/h4-13,23H,14H2,1-3H3,(H,27,29). The first-order chi connectivity index (χ1) is 14.9. The molecule has 6 heteroatoms. The molecule has 3 aromatic carbocycles. The number of aryl methyl sites for hydroxylation is 2. The van der Waals surface area contributed by atoms with Crippen LogP contribution in [0.5, 0.6) is 5.75 Å². The highest BCUT2D eigenvalue weighted by atomic mass is 19.1. The van der Waals surface area contributed by atoms with Crippen LogP contribution in [0.1, 0.15) is 38.7 Å². The van der Waals surface area contributed by atoms with Gasteiger partial charge in [0.1, 0.15) is 17.6 Å². The van der Waals surface area contributed by atoms with Crippen molar-refractivity contribution in [2.75, 3.05) is 12.4 Å². The van der Waals surface area contributed by atoms with Crippen LogP contribution in [0.15, 0.2) is 60.7 Å². The second-order valence-electron chi connectivity index (χ2n) is 7.64. The predicted octanol–water partition coefficient (Wildman–Crippen LogP) is 4.79. The van der Waals surface area contributed by atoms with Crippen LogP contribution in [0.25, 0.3) is 0 Å². The molecule has 3 aromatic rings. The van der Waals surface area contributed by atoms with Crippen LogP contribution in [0.2, 0.25) is 0 Å². The third-order valence-electron chi connectivity index (χ3n) is 5.63. The lowest BCUT2D eigenvalue weighted by molar-refractivity contribution is -0.120. The van der Waals surface area contributed by atoms with Gasteiger partial charge in [-0.2, -0.15) is 0 Å². The summed E-state index contributed by atoms with van der Waals surface area (Å²) >= 11 is 0. The van der Waals surface area contributed by atoms with Gasteiger partial charge in [-0.05, 0) is 42.7 Å². The molecular weight excluding hydrogens is 395 g/mol. The lowest BCUT2D eigenvalue weighted by Gasteiger charge is -2.26. The number of para-hydroxylation sites is 1. The molecule has 1 aliphatic heterocycles. The molecule has 0 aromatic heterocycles. The van der Waals surface area contributed by atoms with Gasteiger partial charge in [0.25, 0.3) is 11.8 Å². The number of halogens is 1. The Labute approximate surface area is 180 Å². The Morgan fingerprint density at radius 3 is 2.48 bits per heavy atom. The summed E-state index contributed by atoms with van der Waals surface area (Å²) < 4.78 is 18.9. The molecule has 2 amide bonds. The Hall–Kier alpha value is -3.67. The van der Waals surface area contributed by atoms with Crippen molar-refractivity contribution >= 4 is 17.5 Å². The van der Waals surface area contributed by atoms with Gasteiger partial charge in [-0.3, -0.25) is 9.59 Å². The van der Waals surface area contributed by atoms with Gasteiger partial charge in [-0.15, -0.1) is 0 Å². The second kappa shape index (κ2) is 8.22. The molecular formula is C25H23FN2O3. The number of hydrogen-bond acceptors (Lipinski definition) is 3. The fourth-order valence-corrected chi connectivity index (χ4v) is 4.05. The molecule has 0 saturated heterocycles. The van der Waals surface area contributed by atoms with E-state index in [0.717, 1.165) is 16.8 Å². The van der Waals surface area contributed by atoms with E-state index in [1.165, 1.54) is 24.1 Å². The molecule has 158 valence electrons. The van der Waals surface area contributed by atoms with Crippen molar-refractivity contribution in [2.45, 2.75) is 26.4 Å². The summed E-state index contributed by atoms with van der Waals surface area (Å²) in [6.07, 6.45) is 0. The van der Waals surface area contributed by atoms with E-state index in [9.17, 15) is 14.0 Å². The Morgan fingerprint density at radius 1 is 1.06 bits per heavy atom. The quantitative estimate of drug-likeness (QED) is 0.648. The number of carbonyl (C=O) groups is 2.